The van der Waals surface area contributed by atoms with Gasteiger partial charge in [-0.25, -0.2) is 4.79 Å². The Bertz CT molecular complexity index is 1180. The van der Waals surface area contributed by atoms with E-state index in [0.717, 1.165) is 5.56 Å². The third-order valence-corrected chi connectivity index (χ3v) is 5.33. The fourth-order valence-corrected chi connectivity index (χ4v) is 3.68. The van der Waals surface area contributed by atoms with Crippen molar-refractivity contribution >= 4 is 34.9 Å². The molecule has 2 aromatic carbocycles. The lowest BCUT2D eigenvalue weighted by Gasteiger charge is -2.15. The molecule has 1 atom stereocenters. The number of esters is 1. The molecular weight excluding hydrogens is 406 g/mol. The van der Waals surface area contributed by atoms with Crippen LogP contribution < -0.4 is 5.32 Å². The summed E-state index contributed by atoms with van der Waals surface area (Å²) in [7, 11) is 0. The van der Waals surface area contributed by atoms with Gasteiger partial charge in [-0.2, -0.15) is 0 Å². The second-order valence-corrected chi connectivity index (χ2v) is 7.46. The first-order chi connectivity index (χ1) is 14.4. The molecule has 152 valence electrons. The summed E-state index contributed by atoms with van der Waals surface area (Å²) in [5.41, 5.74) is 3.14. The molecule has 4 rings (SSSR count). The molecule has 2 heterocycles. The summed E-state index contributed by atoms with van der Waals surface area (Å²) in [5.74, 6) is -1.26. The molecule has 1 unspecified atom stereocenters. The summed E-state index contributed by atoms with van der Waals surface area (Å²) < 4.78 is 10.3. The molecule has 0 bridgehead atoms. The Balaban J connectivity index is 1.72. The van der Waals surface area contributed by atoms with Crippen LogP contribution in [0.3, 0.4) is 0 Å². The average molecular weight is 424 g/mol. The zero-order valence-electron chi connectivity index (χ0n) is 16.3. The maximum absolute atomic E-state index is 13.2. The van der Waals surface area contributed by atoms with Crippen molar-refractivity contribution in [2.75, 3.05) is 11.9 Å². The number of hydrogen-bond acceptors (Lipinski definition) is 6. The van der Waals surface area contributed by atoms with Crippen molar-refractivity contribution in [2.24, 2.45) is 0 Å². The topological polar surface area (TPSA) is 105 Å². The molecular formula is C22H18ClN3O4. The van der Waals surface area contributed by atoms with Crippen LogP contribution in [0.4, 0.5) is 5.69 Å². The third kappa shape index (κ3) is 3.48. The molecule has 1 aromatic heterocycles. The molecule has 1 aliphatic heterocycles. The van der Waals surface area contributed by atoms with Crippen molar-refractivity contribution in [1.82, 2.24) is 5.16 Å². The van der Waals surface area contributed by atoms with Gasteiger partial charge in [0.15, 0.2) is 0 Å². The van der Waals surface area contributed by atoms with Crippen LogP contribution in [0.15, 0.2) is 47.0 Å². The molecule has 1 amide bonds. The highest BCUT2D eigenvalue weighted by Gasteiger charge is 2.34. The lowest BCUT2D eigenvalue weighted by atomic mass is 9.93. The molecule has 0 radical (unpaired) electrons. The molecule has 7 nitrogen and oxygen atoms in total. The monoisotopic (exact) mass is 423 g/mol. The van der Waals surface area contributed by atoms with Gasteiger partial charge in [0.25, 0.3) is 5.91 Å². The highest BCUT2D eigenvalue weighted by atomic mass is 35.5. The van der Waals surface area contributed by atoms with Crippen LogP contribution in [0.25, 0.3) is 11.3 Å². The minimum absolute atomic E-state index is 0.0706. The molecule has 1 fully saturated rings. The van der Waals surface area contributed by atoms with E-state index >= 15 is 0 Å². The zero-order chi connectivity index (χ0) is 21.4. The van der Waals surface area contributed by atoms with E-state index in [4.69, 9.17) is 26.3 Å². The number of aromatic nitrogens is 1. The number of nitrogens with zero attached hydrogens (tertiary/aromatic N) is 1. The number of amides is 1. The number of halogens is 1. The van der Waals surface area contributed by atoms with Gasteiger partial charge < -0.3 is 14.6 Å². The SMILES string of the molecule is Cc1ccc(NC(=O)c2c(-c3ccccc3Cl)noc2C)c(C2COC(=O)C2=N)c1. The van der Waals surface area contributed by atoms with Crippen LogP contribution in [0.1, 0.15) is 33.2 Å². The Kier molecular flexibility index (Phi) is 5.13. The van der Waals surface area contributed by atoms with E-state index < -0.39 is 17.8 Å². The number of cyclic esters (lactones) is 1. The van der Waals surface area contributed by atoms with Crippen LogP contribution >= 0.6 is 11.6 Å². The van der Waals surface area contributed by atoms with Gasteiger partial charge in [-0.1, -0.05) is 52.7 Å². The minimum Gasteiger partial charge on any atom is -0.460 e. The first kappa shape index (κ1) is 19.8. The second kappa shape index (κ2) is 7.76. The highest BCUT2D eigenvalue weighted by molar-refractivity contribution is 6.39. The van der Waals surface area contributed by atoms with Crippen LogP contribution in [-0.2, 0) is 9.53 Å². The Morgan fingerprint density at radius 3 is 2.70 bits per heavy atom. The molecule has 1 saturated heterocycles. The summed E-state index contributed by atoms with van der Waals surface area (Å²) in [6.07, 6.45) is 0. The first-order valence-electron chi connectivity index (χ1n) is 9.25. The van der Waals surface area contributed by atoms with Crippen LogP contribution in [0.2, 0.25) is 5.02 Å². The zero-order valence-corrected chi connectivity index (χ0v) is 17.0. The first-order valence-corrected chi connectivity index (χ1v) is 9.63. The maximum atomic E-state index is 13.2. The number of rotatable bonds is 4. The van der Waals surface area contributed by atoms with E-state index in [-0.39, 0.29) is 17.9 Å². The summed E-state index contributed by atoms with van der Waals surface area (Å²) >= 11 is 6.28. The number of carbonyl (C=O) groups excluding carboxylic acids is 2. The number of nitrogens with one attached hydrogen (secondary N) is 2. The predicted octanol–water partition coefficient (Wildman–Crippen LogP) is 4.52. The smallest absolute Gasteiger partial charge is 0.352 e. The minimum atomic E-state index is -0.644. The molecule has 2 N–H and O–H groups in total. The van der Waals surface area contributed by atoms with Crippen molar-refractivity contribution < 1.29 is 18.8 Å². The van der Waals surface area contributed by atoms with Gasteiger partial charge >= 0.3 is 5.97 Å². The van der Waals surface area contributed by atoms with Crippen molar-refractivity contribution in [3.05, 3.63) is 69.9 Å². The van der Waals surface area contributed by atoms with E-state index in [1.807, 2.05) is 19.1 Å². The van der Waals surface area contributed by atoms with E-state index in [9.17, 15) is 9.59 Å². The van der Waals surface area contributed by atoms with E-state index in [1.54, 1.807) is 37.3 Å². The molecule has 3 aromatic rings. The van der Waals surface area contributed by atoms with Gasteiger partial charge in [-0.15, -0.1) is 0 Å². The summed E-state index contributed by atoms with van der Waals surface area (Å²) in [6.45, 7) is 3.62. The Morgan fingerprint density at radius 2 is 2.00 bits per heavy atom. The molecule has 0 saturated carbocycles. The Labute approximate surface area is 177 Å². The molecule has 0 spiro atoms. The van der Waals surface area contributed by atoms with Gasteiger partial charge in [0.05, 0.1) is 10.9 Å². The average Bonchev–Trinajstić information content (AvgIpc) is 3.26. The molecule has 8 heteroatoms. The van der Waals surface area contributed by atoms with Crippen molar-refractivity contribution in [2.45, 2.75) is 19.8 Å². The van der Waals surface area contributed by atoms with Gasteiger partial charge in [-0.05, 0) is 31.5 Å². The molecule has 1 aliphatic rings. The van der Waals surface area contributed by atoms with Gasteiger partial charge in [0.1, 0.15) is 29.3 Å². The highest BCUT2D eigenvalue weighted by Crippen LogP contribution is 2.34. The number of ether oxygens (including phenoxy) is 1. The van der Waals surface area contributed by atoms with Crippen molar-refractivity contribution in [1.29, 1.82) is 5.41 Å². The van der Waals surface area contributed by atoms with Gasteiger partial charge in [-0.3, -0.25) is 10.2 Å². The van der Waals surface area contributed by atoms with Gasteiger partial charge in [0, 0.05) is 11.3 Å². The lowest BCUT2D eigenvalue weighted by molar-refractivity contribution is -0.132. The summed E-state index contributed by atoms with van der Waals surface area (Å²) in [6, 6.07) is 12.5. The van der Waals surface area contributed by atoms with Crippen LogP contribution in [0.5, 0.6) is 0 Å². The fraction of sp³-hybridized carbons (Fsp3) is 0.182. The van der Waals surface area contributed by atoms with E-state index in [2.05, 4.69) is 10.5 Å². The number of hydrogen-bond donors (Lipinski definition) is 2. The molecule has 30 heavy (non-hydrogen) atoms. The number of benzene rings is 2. The summed E-state index contributed by atoms with van der Waals surface area (Å²) in [5, 5.41) is 15.4. The number of anilines is 1. The second-order valence-electron chi connectivity index (χ2n) is 7.05. The largest absolute Gasteiger partial charge is 0.460 e. The number of carbonyl (C=O) groups is 2. The fourth-order valence-electron chi connectivity index (χ4n) is 3.45. The Morgan fingerprint density at radius 1 is 1.23 bits per heavy atom. The standard InChI is InChI=1S/C22H18ClN3O4/c1-11-7-8-17(14(9-11)15-10-29-22(28)19(15)24)25-21(27)18-12(2)30-26-20(18)13-5-3-4-6-16(13)23/h3-9,15,24H,10H2,1-2H3,(H,25,27). The quantitative estimate of drug-likeness (QED) is 0.600. The van der Waals surface area contributed by atoms with Crippen LogP contribution in [0, 0.1) is 19.3 Å². The van der Waals surface area contributed by atoms with E-state index in [0.29, 0.717) is 33.3 Å². The molecule has 0 aliphatic carbocycles. The lowest BCUT2D eigenvalue weighted by Crippen LogP contribution is -2.18. The predicted molar refractivity (Wildman–Crippen MR) is 112 cm³/mol. The maximum Gasteiger partial charge on any atom is 0.352 e. The summed E-state index contributed by atoms with van der Waals surface area (Å²) in [4.78, 5) is 24.9. The third-order valence-electron chi connectivity index (χ3n) is 5.00. The van der Waals surface area contributed by atoms with Crippen LogP contribution in [-0.4, -0.2) is 29.4 Å². The Hall–Kier alpha value is -3.45. The van der Waals surface area contributed by atoms with E-state index in [1.165, 1.54) is 0 Å². The number of aryl methyl sites for hydroxylation is 2. The van der Waals surface area contributed by atoms with Crippen molar-refractivity contribution in [3.63, 3.8) is 0 Å². The van der Waals surface area contributed by atoms with Gasteiger partial charge in [0.2, 0.25) is 0 Å². The van der Waals surface area contributed by atoms with Crippen molar-refractivity contribution in [3.8, 4) is 11.3 Å². The normalized spacial score (nSPS) is 15.9.